The van der Waals surface area contributed by atoms with E-state index < -0.39 is 0 Å². The maximum atomic E-state index is 2.31. The van der Waals surface area contributed by atoms with Gasteiger partial charge in [0.05, 0.1) is 0 Å². The van der Waals surface area contributed by atoms with Gasteiger partial charge in [-0.3, -0.25) is 0 Å². The van der Waals surface area contributed by atoms with Gasteiger partial charge < -0.3 is 0 Å². The third-order valence-corrected chi connectivity index (χ3v) is 9.95. The van der Waals surface area contributed by atoms with E-state index in [9.17, 15) is 0 Å². The Morgan fingerprint density at radius 2 is 0.424 bits per heavy atom. The Morgan fingerprint density at radius 1 is 0.242 bits per heavy atom. The molecule has 0 aromatic rings. The van der Waals surface area contributed by atoms with Crippen molar-refractivity contribution in [2.45, 2.75) is 174 Å². The average molecular weight is 501 g/mol. The minimum Gasteiger partial charge on any atom is -0.122 e. The van der Waals surface area contributed by atoms with Crippen molar-refractivity contribution < 1.29 is 0 Å². The molecule has 0 fully saturated rings. The quantitative estimate of drug-likeness (QED) is 0.0679. The van der Waals surface area contributed by atoms with E-state index >= 15 is 0 Å². The molecule has 2 unspecified atom stereocenters. The summed E-state index contributed by atoms with van der Waals surface area (Å²) >= 11 is 0. The van der Waals surface area contributed by atoms with Crippen molar-refractivity contribution in [3.8, 4) is 0 Å². The largest absolute Gasteiger partial charge is 0.122 e. The molecule has 0 heterocycles. The lowest BCUT2D eigenvalue weighted by Crippen LogP contribution is -1.86. The van der Waals surface area contributed by atoms with Crippen molar-refractivity contribution in [1.29, 1.82) is 0 Å². The molecule has 0 aliphatic heterocycles. The standard InChI is InChI=1S/C31H66P2/c1-3-5-7-24-28-32-30-26-22-20-18-16-14-12-10-9-11-13-15-17-19-21-23-27-31-33-29-25-8-6-4-2/h32-33H,3-31H2,1-2H3. The summed E-state index contributed by atoms with van der Waals surface area (Å²) < 4.78 is 0. The molecular formula is C31H66P2. The first-order valence-corrected chi connectivity index (χ1v) is 18.7. The van der Waals surface area contributed by atoms with Crippen LogP contribution in [0.3, 0.4) is 0 Å². The van der Waals surface area contributed by atoms with Gasteiger partial charge >= 0.3 is 0 Å². The normalized spacial score (nSPS) is 12.2. The van der Waals surface area contributed by atoms with Crippen LogP contribution in [0.5, 0.6) is 0 Å². The summed E-state index contributed by atoms with van der Waals surface area (Å²) in [6, 6.07) is 0. The van der Waals surface area contributed by atoms with E-state index in [0.717, 1.165) is 0 Å². The Bertz CT molecular complexity index is 288. The zero-order valence-electron chi connectivity index (χ0n) is 23.5. The average Bonchev–Trinajstić information content (AvgIpc) is 2.83. The lowest BCUT2D eigenvalue weighted by atomic mass is 10.0. The lowest BCUT2D eigenvalue weighted by molar-refractivity contribution is 0.529. The Morgan fingerprint density at radius 3 is 0.636 bits per heavy atom. The predicted molar refractivity (Wildman–Crippen MR) is 163 cm³/mol. The van der Waals surface area contributed by atoms with E-state index in [1.807, 2.05) is 0 Å². The second kappa shape index (κ2) is 32.9. The Kier molecular flexibility index (Phi) is 33.7. The maximum Gasteiger partial charge on any atom is -0.0353 e. The van der Waals surface area contributed by atoms with Crippen LogP contribution < -0.4 is 0 Å². The maximum absolute atomic E-state index is 2.31. The van der Waals surface area contributed by atoms with Crippen molar-refractivity contribution in [1.82, 2.24) is 0 Å². The summed E-state index contributed by atoms with van der Waals surface area (Å²) in [5.74, 6) is 0. The predicted octanol–water partition coefficient (Wildman–Crippen LogP) is 12.1. The monoisotopic (exact) mass is 500 g/mol. The molecule has 0 radical (unpaired) electrons. The molecule has 0 bridgehead atoms. The lowest BCUT2D eigenvalue weighted by Gasteiger charge is -2.05. The summed E-state index contributed by atoms with van der Waals surface area (Å²) in [5.41, 5.74) is 0. The highest BCUT2D eigenvalue weighted by atomic mass is 31.1. The highest BCUT2D eigenvalue weighted by Crippen LogP contribution is 2.19. The molecule has 0 aromatic heterocycles. The van der Waals surface area contributed by atoms with Gasteiger partial charge in [0.1, 0.15) is 0 Å². The molecule has 0 aliphatic rings. The van der Waals surface area contributed by atoms with Crippen molar-refractivity contribution in [3.05, 3.63) is 0 Å². The highest BCUT2D eigenvalue weighted by Gasteiger charge is 1.96. The van der Waals surface area contributed by atoms with Crippen LogP contribution in [0.15, 0.2) is 0 Å². The molecule has 33 heavy (non-hydrogen) atoms. The molecule has 200 valence electrons. The van der Waals surface area contributed by atoms with E-state index in [1.165, 1.54) is 202 Å². The first kappa shape index (κ1) is 33.9. The molecule has 0 N–H and O–H groups in total. The van der Waals surface area contributed by atoms with Gasteiger partial charge in [-0.25, -0.2) is 0 Å². The fourth-order valence-electron chi connectivity index (χ4n) is 4.76. The van der Waals surface area contributed by atoms with Crippen LogP contribution in [0.1, 0.15) is 174 Å². The summed E-state index contributed by atoms with van der Waals surface area (Å²) in [5, 5.41) is 0. The van der Waals surface area contributed by atoms with E-state index in [1.54, 1.807) is 0 Å². The first-order chi connectivity index (χ1) is 16.4. The van der Waals surface area contributed by atoms with Crippen molar-refractivity contribution in [3.63, 3.8) is 0 Å². The molecule has 0 saturated heterocycles. The van der Waals surface area contributed by atoms with Crippen LogP contribution in [-0.2, 0) is 0 Å². The molecule has 0 rings (SSSR count). The van der Waals surface area contributed by atoms with Gasteiger partial charge in [-0.05, 0) is 50.3 Å². The molecule has 0 aromatic carbocycles. The Labute approximate surface area is 216 Å². The van der Waals surface area contributed by atoms with E-state index in [2.05, 4.69) is 13.8 Å². The highest BCUT2D eigenvalue weighted by molar-refractivity contribution is 7.38. The van der Waals surface area contributed by atoms with Gasteiger partial charge in [-0.15, -0.1) is 17.2 Å². The third-order valence-electron chi connectivity index (χ3n) is 7.12. The van der Waals surface area contributed by atoms with Gasteiger partial charge in [0.2, 0.25) is 0 Å². The number of rotatable bonds is 30. The summed E-state index contributed by atoms with van der Waals surface area (Å²) in [6.07, 6.45) is 43.2. The molecule has 2 atom stereocenters. The zero-order chi connectivity index (χ0) is 23.9. The molecule has 0 spiro atoms. The van der Waals surface area contributed by atoms with Crippen LogP contribution in [0.2, 0.25) is 0 Å². The van der Waals surface area contributed by atoms with Crippen molar-refractivity contribution in [2.75, 3.05) is 24.6 Å². The van der Waals surface area contributed by atoms with E-state index in [0.29, 0.717) is 0 Å². The molecular weight excluding hydrogens is 434 g/mol. The van der Waals surface area contributed by atoms with Gasteiger partial charge in [-0.1, -0.05) is 149 Å². The fourth-order valence-corrected chi connectivity index (χ4v) is 7.26. The summed E-state index contributed by atoms with van der Waals surface area (Å²) in [4.78, 5) is 0. The van der Waals surface area contributed by atoms with Crippen LogP contribution in [0, 0.1) is 0 Å². The topological polar surface area (TPSA) is 0 Å². The second-order valence-corrected chi connectivity index (χ2v) is 13.6. The minimum absolute atomic E-state index is 1.25. The van der Waals surface area contributed by atoms with Gasteiger partial charge in [0.15, 0.2) is 0 Å². The molecule has 2 heteroatoms. The summed E-state index contributed by atoms with van der Waals surface area (Å²) in [7, 11) is 2.51. The molecule has 0 saturated carbocycles. The number of hydrogen-bond acceptors (Lipinski definition) is 0. The Hall–Kier alpha value is 0.860. The first-order valence-electron chi connectivity index (χ1n) is 15.8. The molecule has 0 aliphatic carbocycles. The van der Waals surface area contributed by atoms with Crippen molar-refractivity contribution >= 4 is 17.2 Å². The smallest absolute Gasteiger partial charge is 0.0353 e. The number of unbranched alkanes of at least 4 members (excludes halogenated alkanes) is 22. The summed E-state index contributed by atoms with van der Waals surface area (Å²) in [6.45, 7) is 4.62. The zero-order valence-corrected chi connectivity index (χ0v) is 25.5. The minimum atomic E-state index is 1.25. The van der Waals surface area contributed by atoms with Gasteiger partial charge in [0, 0.05) is 0 Å². The van der Waals surface area contributed by atoms with Crippen LogP contribution in [0.25, 0.3) is 0 Å². The number of hydrogen-bond donors (Lipinski definition) is 0. The molecule has 0 nitrogen and oxygen atoms in total. The Balaban J connectivity index is 2.99. The van der Waals surface area contributed by atoms with Gasteiger partial charge in [0.25, 0.3) is 0 Å². The third kappa shape index (κ3) is 32.9. The second-order valence-electron chi connectivity index (χ2n) is 10.6. The van der Waals surface area contributed by atoms with E-state index in [-0.39, 0.29) is 0 Å². The van der Waals surface area contributed by atoms with Crippen LogP contribution >= 0.6 is 17.2 Å². The van der Waals surface area contributed by atoms with Gasteiger partial charge in [-0.2, -0.15) is 0 Å². The van der Waals surface area contributed by atoms with Crippen molar-refractivity contribution in [2.24, 2.45) is 0 Å². The SMILES string of the molecule is CCCCCCPCCCCCCCCCCCCCCCCCCCPCCCCCC. The molecule has 0 amide bonds. The fraction of sp³-hybridized carbons (Fsp3) is 1.00. The van der Waals surface area contributed by atoms with Crippen LogP contribution in [-0.4, -0.2) is 24.6 Å². The van der Waals surface area contributed by atoms with Crippen LogP contribution in [0.4, 0.5) is 0 Å². The van der Waals surface area contributed by atoms with E-state index in [4.69, 9.17) is 0 Å².